The van der Waals surface area contributed by atoms with Gasteiger partial charge in [-0.2, -0.15) is 0 Å². The molecule has 158 valence electrons. The van der Waals surface area contributed by atoms with Crippen molar-refractivity contribution in [3.05, 3.63) is 107 Å². The van der Waals surface area contributed by atoms with Crippen molar-refractivity contribution in [3.63, 3.8) is 0 Å². The van der Waals surface area contributed by atoms with Crippen molar-refractivity contribution < 1.29 is 13.6 Å². The number of halogens is 2. The maximum atomic E-state index is 13.8. The number of amides is 1. The second-order valence-electron chi connectivity index (χ2n) is 7.83. The maximum Gasteiger partial charge on any atom is 0.261 e. The van der Waals surface area contributed by atoms with E-state index < -0.39 is 23.1 Å². The van der Waals surface area contributed by atoms with Crippen molar-refractivity contribution in [1.82, 2.24) is 4.90 Å². The molecular weight excluding hydrogens is 394 g/mol. The highest BCUT2D eigenvalue weighted by molar-refractivity contribution is 6.04. The molecule has 0 aliphatic carbocycles. The van der Waals surface area contributed by atoms with E-state index in [1.807, 2.05) is 18.2 Å². The minimum Gasteiger partial charge on any atom is -0.322 e. The van der Waals surface area contributed by atoms with Gasteiger partial charge >= 0.3 is 0 Å². The molecule has 0 radical (unpaired) electrons. The Morgan fingerprint density at radius 1 is 0.935 bits per heavy atom. The average molecular weight is 418 g/mol. The zero-order valence-corrected chi connectivity index (χ0v) is 17.4. The molecule has 1 heterocycles. The molecule has 31 heavy (non-hydrogen) atoms. The van der Waals surface area contributed by atoms with Crippen LogP contribution in [0.4, 0.5) is 14.5 Å². The molecule has 4 rings (SSSR count). The summed E-state index contributed by atoms with van der Waals surface area (Å²) in [4.78, 5) is 14.7. The highest BCUT2D eigenvalue weighted by atomic mass is 19.1. The summed E-state index contributed by atoms with van der Waals surface area (Å²) in [7, 11) is 0. The number of benzene rings is 3. The highest BCUT2D eigenvalue weighted by Gasteiger charge is 2.19. The number of anilines is 1. The van der Waals surface area contributed by atoms with Crippen LogP contribution >= 0.6 is 0 Å². The number of carbonyl (C=O) groups is 1. The fourth-order valence-electron chi connectivity index (χ4n) is 4.02. The van der Waals surface area contributed by atoms with Crippen molar-refractivity contribution in [2.75, 3.05) is 18.4 Å². The molecule has 1 N–H and O–H groups in total. The quantitative estimate of drug-likeness (QED) is 0.560. The molecule has 0 fully saturated rings. The number of rotatable bonds is 5. The third-order valence-corrected chi connectivity index (χ3v) is 5.58. The van der Waals surface area contributed by atoms with Crippen LogP contribution in [0.25, 0.3) is 5.57 Å². The van der Waals surface area contributed by atoms with Crippen molar-refractivity contribution >= 4 is 17.2 Å². The second-order valence-corrected chi connectivity index (χ2v) is 7.83. The molecule has 1 aliphatic rings. The third-order valence-electron chi connectivity index (χ3n) is 5.58. The normalized spacial score (nSPS) is 14.5. The van der Waals surface area contributed by atoms with E-state index in [0.29, 0.717) is 5.69 Å². The summed E-state index contributed by atoms with van der Waals surface area (Å²) in [6, 6.07) is 21.2. The minimum atomic E-state index is -0.878. The predicted octanol–water partition coefficient (Wildman–Crippen LogP) is 5.90. The van der Waals surface area contributed by atoms with E-state index in [2.05, 4.69) is 41.4 Å². The van der Waals surface area contributed by atoms with Gasteiger partial charge in [-0.15, -0.1) is 0 Å². The molecule has 3 nitrogen and oxygen atoms in total. The van der Waals surface area contributed by atoms with Crippen molar-refractivity contribution in [2.24, 2.45) is 0 Å². The topological polar surface area (TPSA) is 32.3 Å². The third kappa shape index (κ3) is 4.89. The Kier molecular flexibility index (Phi) is 6.23. The molecule has 1 aliphatic heterocycles. The van der Waals surface area contributed by atoms with Crippen LogP contribution in [0.15, 0.2) is 78.4 Å². The Morgan fingerprint density at radius 2 is 1.61 bits per heavy atom. The molecule has 0 bridgehead atoms. The van der Waals surface area contributed by atoms with Gasteiger partial charge in [0.2, 0.25) is 0 Å². The van der Waals surface area contributed by atoms with E-state index in [9.17, 15) is 13.6 Å². The van der Waals surface area contributed by atoms with Crippen LogP contribution in [-0.2, 0) is 6.54 Å². The first-order valence-electron chi connectivity index (χ1n) is 10.3. The molecule has 5 heteroatoms. The summed E-state index contributed by atoms with van der Waals surface area (Å²) in [5, 5.41) is 2.57. The summed E-state index contributed by atoms with van der Waals surface area (Å²) < 4.78 is 27.6. The van der Waals surface area contributed by atoms with E-state index in [4.69, 9.17) is 0 Å². The van der Waals surface area contributed by atoms with Crippen LogP contribution in [-0.4, -0.2) is 23.9 Å². The van der Waals surface area contributed by atoms with Gasteiger partial charge in [0, 0.05) is 25.3 Å². The first kappa shape index (κ1) is 20.9. The summed E-state index contributed by atoms with van der Waals surface area (Å²) in [5.74, 6) is -2.55. The van der Waals surface area contributed by atoms with Gasteiger partial charge in [-0.25, -0.2) is 8.78 Å². The maximum absolute atomic E-state index is 13.8. The fraction of sp³-hybridized carbons (Fsp3) is 0.192. The summed E-state index contributed by atoms with van der Waals surface area (Å²) in [6.07, 6.45) is 0.949. The molecule has 3 aromatic rings. The van der Waals surface area contributed by atoms with Crippen molar-refractivity contribution in [2.45, 2.75) is 19.9 Å². The molecule has 0 saturated heterocycles. The van der Waals surface area contributed by atoms with Crippen LogP contribution < -0.4 is 5.32 Å². The Balaban J connectivity index is 1.43. The Hall–Kier alpha value is -3.31. The van der Waals surface area contributed by atoms with Crippen LogP contribution in [0.1, 0.15) is 34.8 Å². The number of hydrogen-bond acceptors (Lipinski definition) is 2. The molecule has 1 amide bonds. The Morgan fingerprint density at radius 3 is 2.26 bits per heavy atom. The monoisotopic (exact) mass is 418 g/mol. The summed E-state index contributed by atoms with van der Waals surface area (Å²) in [6.45, 7) is 4.98. The zero-order valence-electron chi connectivity index (χ0n) is 17.4. The number of hydrogen-bond donors (Lipinski definition) is 1. The molecule has 0 unspecified atom stereocenters. The summed E-state index contributed by atoms with van der Waals surface area (Å²) in [5.41, 5.74) is 4.97. The van der Waals surface area contributed by atoms with Crippen molar-refractivity contribution in [1.29, 1.82) is 0 Å². The number of nitrogens with zero attached hydrogens (tertiary/aromatic N) is 1. The average Bonchev–Trinajstić information content (AvgIpc) is 2.75. The standard InChI is InChI=1S/C26H24F2N2O/c1-18-16-30(17-19-6-3-2-4-7-19)15-14-22(18)20-10-12-21(13-11-20)29-26(31)25-23(27)8-5-9-24(25)28/h2-13H,14-17H2,1H3,(H,29,31). The largest absolute Gasteiger partial charge is 0.322 e. The van der Waals surface area contributed by atoms with E-state index >= 15 is 0 Å². The highest BCUT2D eigenvalue weighted by Crippen LogP contribution is 2.29. The van der Waals surface area contributed by atoms with Crippen molar-refractivity contribution in [3.8, 4) is 0 Å². The van der Waals surface area contributed by atoms with E-state index in [0.717, 1.165) is 43.8 Å². The minimum absolute atomic E-state index is 0.496. The van der Waals surface area contributed by atoms with Crippen LogP contribution in [0.2, 0.25) is 0 Å². The van der Waals surface area contributed by atoms with E-state index in [1.165, 1.54) is 22.8 Å². The zero-order chi connectivity index (χ0) is 21.8. The number of nitrogens with one attached hydrogen (secondary N) is 1. The lowest BCUT2D eigenvalue weighted by atomic mass is 9.94. The Bertz CT molecular complexity index is 1090. The fourth-order valence-corrected chi connectivity index (χ4v) is 4.02. The Labute approximate surface area is 181 Å². The second kappa shape index (κ2) is 9.23. The van der Waals surface area contributed by atoms with Crippen LogP contribution in [0.5, 0.6) is 0 Å². The lowest BCUT2D eigenvalue weighted by Gasteiger charge is -2.30. The van der Waals surface area contributed by atoms with Crippen LogP contribution in [0, 0.1) is 11.6 Å². The van der Waals surface area contributed by atoms with Gasteiger partial charge in [-0.05, 0) is 54.3 Å². The smallest absolute Gasteiger partial charge is 0.261 e. The molecule has 0 saturated carbocycles. The number of carbonyl (C=O) groups excluding carboxylic acids is 1. The van der Waals surface area contributed by atoms with Gasteiger partial charge in [-0.3, -0.25) is 9.69 Å². The summed E-state index contributed by atoms with van der Waals surface area (Å²) >= 11 is 0. The molecule has 0 atom stereocenters. The van der Waals surface area contributed by atoms with Gasteiger partial charge in [0.25, 0.3) is 5.91 Å². The predicted molar refractivity (Wildman–Crippen MR) is 120 cm³/mol. The van der Waals surface area contributed by atoms with E-state index in [-0.39, 0.29) is 0 Å². The molecular formula is C26H24F2N2O. The first-order chi connectivity index (χ1) is 15.0. The lowest BCUT2D eigenvalue weighted by Crippen LogP contribution is -2.30. The first-order valence-corrected chi connectivity index (χ1v) is 10.3. The van der Waals surface area contributed by atoms with Gasteiger partial charge in [0.1, 0.15) is 17.2 Å². The van der Waals surface area contributed by atoms with Gasteiger partial charge in [-0.1, -0.05) is 54.1 Å². The van der Waals surface area contributed by atoms with Gasteiger partial charge < -0.3 is 5.32 Å². The van der Waals surface area contributed by atoms with Gasteiger partial charge in [0.15, 0.2) is 0 Å². The SMILES string of the molecule is CC1=C(c2ccc(NC(=O)c3c(F)cccc3F)cc2)CCN(Cc2ccccc2)C1. The molecule has 3 aromatic carbocycles. The lowest BCUT2D eigenvalue weighted by molar-refractivity contribution is 0.101. The van der Waals surface area contributed by atoms with Gasteiger partial charge in [0.05, 0.1) is 0 Å². The molecule has 0 aromatic heterocycles. The van der Waals surface area contributed by atoms with E-state index in [1.54, 1.807) is 12.1 Å². The van der Waals surface area contributed by atoms with Crippen LogP contribution in [0.3, 0.4) is 0 Å². The molecule has 0 spiro atoms.